The van der Waals surface area contributed by atoms with Crippen LogP contribution in [0.5, 0.6) is 11.5 Å². The van der Waals surface area contributed by atoms with Gasteiger partial charge < -0.3 is 14.8 Å². The molecular formula is C17H13F4N3O3. The maximum Gasteiger partial charge on any atom is 0.573 e. The minimum absolute atomic E-state index is 0.0998. The number of amides is 1. The molecule has 0 aliphatic rings. The molecule has 142 valence electrons. The van der Waals surface area contributed by atoms with Crippen LogP contribution in [-0.4, -0.2) is 35.7 Å². The lowest BCUT2D eigenvalue weighted by molar-refractivity contribution is -0.274. The smallest absolute Gasteiger partial charge is 0.491 e. The van der Waals surface area contributed by atoms with E-state index in [1.165, 1.54) is 12.1 Å². The Kier molecular flexibility index (Phi) is 5.15. The molecule has 27 heavy (non-hydrogen) atoms. The van der Waals surface area contributed by atoms with Gasteiger partial charge in [0.05, 0.1) is 5.52 Å². The molecule has 10 heteroatoms. The molecule has 0 aliphatic heterocycles. The van der Waals surface area contributed by atoms with Gasteiger partial charge in [-0.2, -0.15) is 5.10 Å². The third-order valence-corrected chi connectivity index (χ3v) is 3.46. The van der Waals surface area contributed by atoms with Gasteiger partial charge in [0.25, 0.3) is 5.91 Å². The van der Waals surface area contributed by atoms with Crippen LogP contribution in [0.1, 0.15) is 10.4 Å². The van der Waals surface area contributed by atoms with Gasteiger partial charge in [-0.3, -0.25) is 9.89 Å². The van der Waals surface area contributed by atoms with Crippen molar-refractivity contribution in [3.05, 3.63) is 48.0 Å². The average Bonchev–Trinajstić information content (AvgIpc) is 3.01. The molecule has 6 nitrogen and oxygen atoms in total. The zero-order valence-corrected chi connectivity index (χ0v) is 13.6. The van der Waals surface area contributed by atoms with Gasteiger partial charge in [0, 0.05) is 10.9 Å². The Labute approximate surface area is 150 Å². The molecule has 0 saturated heterocycles. The maximum atomic E-state index is 12.3. The molecule has 0 atom stereocenters. The summed E-state index contributed by atoms with van der Waals surface area (Å²) >= 11 is 0. The monoisotopic (exact) mass is 383 g/mol. The van der Waals surface area contributed by atoms with Crippen molar-refractivity contribution < 1.29 is 31.8 Å². The number of hydrogen-bond donors (Lipinski definition) is 2. The largest absolute Gasteiger partial charge is 0.573 e. The summed E-state index contributed by atoms with van der Waals surface area (Å²) in [6, 6.07) is 9.34. The number of nitrogens with zero attached hydrogens (tertiary/aromatic N) is 1. The molecule has 1 heterocycles. The molecule has 2 aromatic carbocycles. The molecule has 1 aromatic heterocycles. The number of fused-ring (bicyclic) bond motifs is 1. The number of H-pyrrole nitrogens is 1. The van der Waals surface area contributed by atoms with Crippen LogP contribution in [-0.2, 0) is 0 Å². The summed E-state index contributed by atoms with van der Waals surface area (Å²) in [5.41, 5.74) is 0.734. The Morgan fingerprint density at radius 3 is 2.48 bits per heavy atom. The van der Waals surface area contributed by atoms with Crippen LogP contribution >= 0.6 is 0 Å². The second-order valence-corrected chi connectivity index (χ2v) is 5.34. The van der Waals surface area contributed by atoms with E-state index in [9.17, 15) is 22.4 Å². The molecule has 0 radical (unpaired) electrons. The van der Waals surface area contributed by atoms with Crippen LogP contribution in [0.15, 0.2) is 42.5 Å². The molecular weight excluding hydrogens is 370 g/mol. The van der Waals surface area contributed by atoms with Gasteiger partial charge in [-0.15, -0.1) is 13.2 Å². The molecule has 0 bridgehead atoms. The maximum absolute atomic E-state index is 12.3. The number of halogens is 4. The van der Waals surface area contributed by atoms with E-state index < -0.39 is 24.7 Å². The van der Waals surface area contributed by atoms with Gasteiger partial charge >= 0.3 is 6.36 Å². The Balaban J connectivity index is 1.75. The van der Waals surface area contributed by atoms with Crippen LogP contribution in [0.2, 0.25) is 0 Å². The second kappa shape index (κ2) is 7.52. The lowest BCUT2D eigenvalue weighted by Crippen LogP contribution is -2.17. The molecule has 0 saturated carbocycles. The van der Waals surface area contributed by atoms with Gasteiger partial charge in [-0.1, -0.05) is 0 Å². The zero-order chi connectivity index (χ0) is 19.4. The van der Waals surface area contributed by atoms with E-state index in [4.69, 9.17) is 4.74 Å². The predicted octanol–water partition coefficient (Wildman–Crippen LogP) is 4.06. The molecule has 1 amide bonds. The number of aromatic amines is 1. The minimum Gasteiger partial charge on any atom is -0.491 e. The van der Waals surface area contributed by atoms with Gasteiger partial charge in [0.15, 0.2) is 5.82 Å². The van der Waals surface area contributed by atoms with E-state index >= 15 is 0 Å². The lowest BCUT2D eigenvalue weighted by Gasteiger charge is -2.09. The quantitative estimate of drug-likeness (QED) is 0.630. The standard InChI is InChI=1S/C17H13F4N3O3/c18-7-8-26-12-5-6-14-13(9-12)15(24-23-14)22-16(25)10-1-3-11(4-2-10)27-17(19,20)21/h1-6,9H,7-8H2,(H2,22,23,24,25). The van der Waals surface area contributed by atoms with Crippen LogP contribution in [0.3, 0.4) is 0 Å². The summed E-state index contributed by atoms with van der Waals surface area (Å²) in [4.78, 5) is 12.3. The highest BCUT2D eigenvalue weighted by Crippen LogP contribution is 2.26. The van der Waals surface area contributed by atoms with Gasteiger partial charge in [-0.25, -0.2) is 4.39 Å². The van der Waals surface area contributed by atoms with Crippen molar-refractivity contribution in [1.82, 2.24) is 10.2 Å². The van der Waals surface area contributed by atoms with Crippen molar-refractivity contribution >= 4 is 22.6 Å². The van der Waals surface area contributed by atoms with Gasteiger partial charge in [0.1, 0.15) is 24.8 Å². The lowest BCUT2D eigenvalue weighted by atomic mass is 10.2. The summed E-state index contributed by atoms with van der Waals surface area (Å²) in [5, 5.41) is 9.81. The summed E-state index contributed by atoms with van der Waals surface area (Å²) in [6.07, 6.45) is -4.81. The first-order valence-corrected chi connectivity index (χ1v) is 7.70. The Bertz CT molecular complexity index is 939. The predicted molar refractivity (Wildman–Crippen MR) is 88.6 cm³/mol. The van der Waals surface area contributed by atoms with Gasteiger partial charge in [0.2, 0.25) is 0 Å². The number of nitrogens with one attached hydrogen (secondary N) is 2. The first kappa shape index (κ1) is 18.5. The minimum atomic E-state index is -4.81. The Morgan fingerprint density at radius 1 is 1.11 bits per heavy atom. The fourth-order valence-corrected chi connectivity index (χ4v) is 2.32. The first-order chi connectivity index (χ1) is 12.9. The fourth-order valence-electron chi connectivity index (χ4n) is 2.32. The second-order valence-electron chi connectivity index (χ2n) is 5.34. The summed E-state index contributed by atoms with van der Waals surface area (Å²) in [6.45, 7) is -0.738. The summed E-state index contributed by atoms with van der Waals surface area (Å²) < 4.78 is 57.7. The van der Waals surface area contributed by atoms with Crippen molar-refractivity contribution in [2.45, 2.75) is 6.36 Å². The molecule has 0 spiro atoms. The zero-order valence-electron chi connectivity index (χ0n) is 13.6. The summed E-state index contributed by atoms with van der Waals surface area (Å²) in [7, 11) is 0. The SMILES string of the molecule is O=C(Nc1n[nH]c2ccc(OCCF)cc12)c1ccc(OC(F)(F)F)cc1. The Hall–Kier alpha value is -3.30. The number of alkyl halides is 4. The summed E-state index contributed by atoms with van der Waals surface area (Å²) in [5.74, 6) is -0.391. The van der Waals surface area contributed by atoms with E-state index in [1.807, 2.05) is 0 Å². The van der Waals surface area contributed by atoms with Crippen molar-refractivity contribution in [2.75, 3.05) is 18.6 Å². The van der Waals surface area contributed by atoms with E-state index in [-0.39, 0.29) is 18.0 Å². The molecule has 3 rings (SSSR count). The third kappa shape index (κ3) is 4.66. The van der Waals surface area contributed by atoms with Crippen molar-refractivity contribution in [3.63, 3.8) is 0 Å². The molecule has 0 unspecified atom stereocenters. The number of hydrogen-bond acceptors (Lipinski definition) is 4. The number of aromatic nitrogens is 2. The van der Waals surface area contributed by atoms with Crippen LogP contribution in [0.4, 0.5) is 23.4 Å². The van der Waals surface area contributed by atoms with Gasteiger partial charge in [-0.05, 0) is 42.5 Å². The average molecular weight is 383 g/mol. The third-order valence-electron chi connectivity index (χ3n) is 3.46. The highest BCUT2D eigenvalue weighted by molar-refractivity contribution is 6.08. The van der Waals surface area contributed by atoms with E-state index in [1.54, 1.807) is 18.2 Å². The van der Waals surface area contributed by atoms with E-state index in [0.717, 1.165) is 12.1 Å². The van der Waals surface area contributed by atoms with Crippen LogP contribution in [0, 0.1) is 0 Å². The molecule has 0 fully saturated rings. The highest BCUT2D eigenvalue weighted by atomic mass is 19.4. The molecule has 0 aliphatic carbocycles. The van der Waals surface area contributed by atoms with Crippen molar-refractivity contribution in [3.8, 4) is 11.5 Å². The highest BCUT2D eigenvalue weighted by Gasteiger charge is 2.31. The van der Waals surface area contributed by atoms with Crippen molar-refractivity contribution in [2.24, 2.45) is 0 Å². The first-order valence-electron chi connectivity index (χ1n) is 7.70. The number of anilines is 1. The molecule has 2 N–H and O–H groups in total. The number of rotatable bonds is 6. The normalized spacial score (nSPS) is 11.4. The fraction of sp³-hybridized carbons (Fsp3) is 0.176. The number of ether oxygens (including phenoxy) is 2. The Morgan fingerprint density at radius 2 is 1.81 bits per heavy atom. The van der Waals surface area contributed by atoms with Crippen molar-refractivity contribution in [1.29, 1.82) is 0 Å². The van der Waals surface area contributed by atoms with Crippen LogP contribution < -0.4 is 14.8 Å². The van der Waals surface area contributed by atoms with Crippen LogP contribution in [0.25, 0.3) is 10.9 Å². The van der Waals surface area contributed by atoms with E-state index in [0.29, 0.717) is 16.7 Å². The number of benzene rings is 2. The molecule has 3 aromatic rings. The number of carbonyl (C=O) groups is 1. The number of carbonyl (C=O) groups excluding carboxylic acids is 1. The topological polar surface area (TPSA) is 76.2 Å². The van der Waals surface area contributed by atoms with E-state index in [2.05, 4.69) is 20.3 Å².